The fourth-order valence-corrected chi connectivity index (χ4v) is 3.73. The van der Waals surface area contributed by atoms with Crippen LogP contribution in [0.25, 0.3) is 0 Å². The largest absolute Gasteiger partial charge is 0.494 e. The van der Waals surface area contributed by atoms with Crippen LogP contribution >= 0.6 is 11.8 Å². The van der Waals surface area contributed by atoms with E-state index in [0.717, 1.165) is 17.1 Å². The Morgan fingerprint density at radius 1 is 1.28 bits per heavy atom. The highest BCUT2D eigenvalue weighted by Crippen LogP contribution is 2.36. The molecule has 1 aliphatic heterocycles. The average Bonchev–Trinajstić information content (AvgIpc) is 2.60. The Kier molecular flexibility index (Phi) is 5.13. The number of ether oxygens (including phenoxy) is 1. The zero-order chi connectivity index (χ0) is 18.0. The van der Waals surface area contributed by atoms with Gasteiger partial charge >= 0.3 is 0 Å². The van der Waals surface area contributed by atoms with Gasteiger partial charge in [0, 0.05) is 19.4 Å². The lowest BCUT2D eigenvalue weighted by molar-refractivity contribution is -0.116. The van der Waals surface area contributed by atoms with Crippen molar-refractivity contribution >= 4 is 23.5 Å². The monoisotopic (exact) mass is 359 g/mol. The van der Waals surface area contributed by atoms with Gasteiger partial charge in [0.25, 0.3) is 5.56 Å². The van der Waals surface area contributed by atoms with Gasteiger partial charge in [-0.2, -0.15) is 4.98 Å². The van der Waals surface area contributed by atoms with Gasteiger partial charge in [-0.3, -0.25) is 9.59 Å². The summed E-state index contributed by atoms with van der Waals surface area (Å²) in [5.74, 6) is 1.72. The number of nitrogens with one attached hydrogen (secondary N) is 1. The zero-order valence-corrected chi connectivity index (χ0v) is 15.4. The molecule has 25 heavy (non-hydrogen) atoms. The highest BCUT2D eigenvalue weighted by molar-refractivity contribution is 7.99. The number of hydrogen-bond acceptors (Lipinski definition) is 5. The van der Waals surface area contributed by atoms with E-state index < -0.39 is 0 Å². The third-order valence-electron chi connectivity index (χ3n) is 4.17. The van der Waals surface area contributed by atoms with Crippen LogP contribution in [0, 0.1) is 0 Å². The normalized spacial score (nSPS) is 16.3. The fraction of sp³-hybridized carbons (Fsp3) is 0.389. The molecule has 0 saturated carbocycles. The molecule has 2 heterocycles. The number of amides is 1. The second kappa shape index (κ2) is 7.31. The second-order valence-corrected chi connectivity index (χ2v) is 6.99. The topological polar surface area (TPSA) is 73.2 Å². The quantitative estimate of drug-likeness (QED) is 0.656. The maximum Gasteiger partial charge on any atom is 0.279 e. The first-order valence-corrected chi connectivity index (χ1v) is 9.30. The molecule has 1 aromatic carbocycles. The summed E-state index contributed by atoms with van der Waals surface area (Å²) in [6, 6.07) is 7.55. The lowest BCUT2D eigenvalue weighted by Gasteiger charge is -2.27. The number of aromatic nitrogens is 2. The van der Waals surface area contributed by atoms with Crippen molar-refractivity contribution in [2.24, 2.45) is 7.05 Å². The van der Waals surface area contributed by atoms with Crippen molar-refractivity contribution in [1.82, 2.24) is 9.55 Å². The summed E-state index contributed by atoms with van der Waals surface area (Å²) in [7, 11) is 1.82. The third-order valence-corrected chi connectivity index (χ3v) is 5.08. The SMILES string of the molecule is CCOc1ccc(C2CC(=O)Nc3c2c(=O)nc(SCC)n3C)cc1. The van der Waals surface area contributed by atoms with Crippen molar-refractivity contribution in [3.8, 4) is 5.75 Å². The molecular weight excluding hydrogens is 338 g/mol. The molecular formula is C18H21N3O3S. The Balaban J connectivity index is 2.08. The summed E-state index contributed by atoms with van der Waals surface area (Å²) in [6.07, 6.45) is 0.234. The van der Waals surface area contributed by atoms with Gasteiger partial charge in [-0.1, -0.05) is 30.8 Å². The number of fused-ring (bicyclic) bond motifs is 1. The minimum Gasteiger partial charge on any atom is -0.494 e. The summed E-state index contributed by atoms with van der Waals surface area (Å²) in [5, 5.41) is 3.46. The molecule has 7 heteroatoms. The number of carbonyl (C=O) groups is 1. The van der Waals surface area contributed by atoms with Gasteiger partial charge in [-0.25, -0.2) is 0 Å². The number of carbonyl (C=O) groups excluding carboxylic acids is 1. The van der Waals surface area contributed by atoms with E-state index in [2.05, 4.69) is 10.3 Å². The van der Waals surface area contributed by atoms with E-state index in [0.29, 0.717) is 23.1 Å². The molecule has 3 rings (SSSR count). The number of anilines is 1. The second-order valence-electron chi connectivity index (χ2n) is 5.76. The lowest BCUT2D eigenvalue weighted by atomic mass is 9.87. The van der Waals surface area contributed by atoms with Crippen LogP contribution in [-0.2, 0) is 11.8 Å². The molecule has 1 unspecified atom stereocenters. The fourth-order valence-electron chi connectivity index (χ4n) is 3.04. The van der Waals surface area contributed by atoms with Crippen LogP contribution in [-0.4, -0.2) is 27.8 Å². The van der Waals surface area contributed by atoms with Crippen LogP contribution in [0.1, 0.15) is 37.3 Å². The van der Waals surface area contributed by atoms with Crippen LogP contribution in [0.4, 0.5) is 5.82 Å². The van der Waals surface area contributed by atoms with Gasteiger partial charge in [0.05, 0.1) is 12.2 Å². The summed E-state index contributed by atoms with van der Waals surface area (Å²) in [6.45, 7) is 4.52. The Labute approximate surface area is 150 Å². The van der Waals surface area contributed by atoms with E-state index in [-0.39, 0.29) is 23.8 Å². The maximum atomic E-state index is 12.7. The predicted octanol–water partition coefficient (Wildman–Crippen LogP) is 2.77. The maximum absolute atomic E-state index is 12.7. The standard InChI is InChI=1S/C18H21N3O3S/c1-4-24-12-8-6-11(7-9-12)13-10-14(22)19-16-15(13)17(23)20-18(21(16)3)25-5-2/h6-9,13H,4-5,10H2,1-3H3,(H,19,22). The summed E-state index contributed by atoms with van der Waals surface area (Å²) in [4.78, 5) is 29.1. The van der Waals surface area contributed by atoms with Crippen molar-refractivity contribution in [3.05, 3.63) is 45.7 Å². The van der Waals surface area contributed by atoms with Gasteiger partial charge in [0.1, 0.15) is 11.6 Å². The van der Waals surface area contributed by atoms with E-state index in [9.17, 15) is 9.59 Å². The molecule has 2 aromatic rings. The van der Waals surface area contributed by atoms with Crippen molar-refractivity contribution in [1.29, 1.82) is 0 Å². The van der Waals surface area contributed by atoms with Gasteiger partial charge in [-0.05, 0) is 30.4 Å². The van der Waals surface area contributed by atoms with Gasteiger partial charge < -0.3 is 14.6 Å². The Morgan fingerprint density at radius 3 is 2.64 bits per heavy atom. The Morgan fingerprint density at radius 2 is 2.00 bits per heavy atom. The van der Waals surface area contributed by atoms with E-state index in [1.807, 2.05) is 45.2 Å². The first-order valence-electron chi connectivity index (χ1n) is 8.31. The third kappa shape index (κ3) is 3.42. The van der Waals surface area contributed by atoms with Crippen molar-refractivity contribution in [3.63, 3.8) is 0 Å². The molecule has 0 radical (unpaired) electrons. The van der Waals surface area contributed by atoms with E-state index >= 15 is 0 Å². The molecule has 1 aliphatic rings. The summed E-state index contributed by atoms with van der Waals surface area (Å²) < 4.78 is 7.26. The van der Waals surface area contributed by atoms with Crippen LogP contribution in [0.5, 0.6) is 5.75 Å². The first kappa shape index (κ1) is 17.5. The van der Waals surface area contributed by atoms with Gasteiger partial charge in [-0.15, -0.1) is 0 Å². The highest BCUT2D eigenvalue weighted by Gasteiger charge is 2.32. The smallest absolute Gasteiger partial charge is 0.279 e. The average molecular weight is 359 g/mol. The van der Waals surface area contributed by atoms with E-state index in [1.165, 1.54) is 11.8 Å². The van der Waals surface area contributed by atoms with Crippen molar-refractivity contribution in [2.45, 2.75) is 31.3 Å². The minimum absolute atomic E-state index is 0.0972. The van der Waals surface area contributed by atoms with Crippen LogP contribution < -0.4 is 15.6 Å². The Bertz CT molecular complexity index is 846. The molecule has 132 valence electrons. The van der Waals surface area contributed by atoms with Gasteiger partial charge in [0.2, 0.25) is 5.91 Å². The Hall–Kier alpha value is -2.28. The minimum atomic E-state index is -0.300. The van der Waals surface area contributed by atoms with Crippen LogP contribution in [0.2, 0.25) is 0 Å². The van der Waals surface area contributed by atoms with Crippen molar-refractivity contribution in [2.75, 3.05) is 17.7 Å². The number of thioether (sulfide) groups is 1. The number of benzene rings is 1. The molecule has 1 aromatic heterocycles. The molecule has 0 bridgehead atoms. The van der Waals surface area contributed by atoms with Crippen molar-refractivity contribution < 1.29 is 9.53 Å². The number of hydrogen-bond donors (Lipinski definition) is 1. The lowest BCUT2D eigenvalue weighted by Crippen LogP contribution is -2.33. The van der Waals surface area contributed by atoms with E-state index in [1.54, 1.807) is 4.57 Å². The molecule has 0 spiro atoms. The molecule has 0 aliphatic carbocycles. The summed E-state index contributed by atoms with van der Waals surface area (Å²) >= 11 is 1.48. The highest BCUT2D eigenvalue weighted by atomic mass is 32.2. The van der Waals surface area contributed by atoms with Crippen LogP contribution in [0.3, 0.4) is 0 Å². The molecule has 1 N–H and O–H groups in total. The number of rotatable bonds is 5. The number of nitrogens with zero attached hydrogens (tertiary/aromatic N) is 2. The predicted molar refractivity (Wildman–Crippen MR) is 98.6 cm³/mol. The van der Waals surface area contributed by atoms with Gasteiger partial charge in [0.15, 0.2) is 5.16 Å². The molecule has 0 fully saturated rings. The van der Waals surface area contributed by atoms with E-state index in [4.69, 9.17) is 4.74 Å². The summed E-state index contributed by atoms with van der Waals surface area (Å²) in [5.41, 5.74) is 1.18. The zero-order valence-electron chi connectivity index (χ0n) is 14.5. The molecule has 1 atom stereocenters. The first-order chi connectivity index (χ1) is 12.0. The molecule has 0 saturated heterocycles. The van der Waals surface area contributed by atoms with Crippen LogP contribution in [0.15, 0.2) is 34.2 Å². The molecule has 6 nitrogen and oxygen atoms in total. The molecule has 1 amide bonds.